The first-order valence-corrected chi connectivity index (χ1v) is 5.33. The summed E-state index contributed by atoms with van der Waals surface area (Å²) in [5.74, 6) is 1.15. The van der Waals surface area contributed by atoms with Crippen molar-refractivity contribution >= 4 is 17.4 Å². The molecule has 1 aromatic carbocycles. The van der Waals surface area contributed by atoms with E-state index in [1.54, 1.807) is 22.9 Å². The first-order valence-electron chi connectivity index (χ1n) is 4.95. The maximum absolute atomic E-state index is 5.98. The van der Waals surface area contributed by atoms with Crippen LogP contribution in [0.1, 0.15) is 6.92 Å². The fraction of sp³-hybridized carbons (Fsp3) is 0.182. The number of nitrogens with two attached hydrogens (primary N) is 1. The molecule has 0 saturated heterocycles. The minimum Gasteiger partial charge on any atom is -0.424 e. The highest BCUT2D eigenvalue weighted by Gasteiger charge is 2.09. The van der Waals surface area contributed by atoms with Crippen LogP contribution in [-0.2, 0) is 6.54 Å². The molecule has 0 bridgehead atoms. The van der Waals surface area contributed by atoms with Crippen molar-refractivity contribution in [1.82, 2.24) is 9.55 Å². The smallest absolute Gasteiger partial charge is 0.303 e. The fourth-order valence-corrected chi connectivity index (χ4v) is 1.57. The predicted octanol–water partition coefficient (Wildman–Crippen LogP) is 2.93. The van der Waals surface area contributed by atoms with Crippen LogP contribution in [0, 0.1) is 0 Å². The number of rotatable bonds is 3. The number of anilines is 1. The van der Waals surface area contributed by atoms with Crippen LogP contribution in [0.3, 0.4) is 0 Å². The zero-order valence-corrected chi connectivity index (χ0v) is 9.61. The normalized spacial score (nSPS) is 10.4. The van der Waals surface area contributed by atoms with E-state index in [1.807, 2.05) is 19.1 Å². The van der Waals surface area contributed by atoms with Crippen molar-refractivity contribution in [2.75, 3.05) is 5.73 Å². The summed E-state index contributed by atoms with van der Waals surface area (Å²) in [6, 6.07) is 7.69. The van der Waals surface area contributed by atoms with E-state index in [4.69, 9.17) is 22.1 Å². The summed E-state index contributed by atoms with van der Waals surface area (Å²) >= 11 is 5.98. The first-order chi connectivity index (χ1) is 7.72. The highest BCUT2D eigenvalue weighted by molar-refractivity contribution is 6.32. The van der Waals surface area contributed by atoms with Crippen LogP contribution < -0.4 is 10.5 Å². The van der Waals surface area contributed by atoms with E-state index in [0.29, 0.717) is 29.1 Å². The summed E-state index contributed by atoms with van der Waals surface area (Å²) in [7, 11) is 0. The molecular formula is C11H12ClN3O. The third-order valence-corrected chi connectivity index (χ3v) is 2.52. The summed E-state index contributed by atoms with van der Waals surface area (Å²) < 4.78 is 7.36. The first kappa shape index (κ1) is 10.8. The molecule has 2 aromatic rings. The van der Waals surface area contributed by atoms with Gasteiger partial charge in [-0.1, -0.05) is 23.7 Å². The molecule has 0 radical (unpaired) electrons. The van der Waals surface area contributed by atoms with Crippen molar-refractivity contribution in [1.29, 1.82) is 0 Å². The maximum Gasteiger partial charge on any atom is 0.303 e. The van der Waals surface area contributed by atoms with E-state index in [2.05, 4.69) is 4.98 Å². The second-order valence-electron chi connectivity index (χ2n) is 3.24. The summed E-state index contributed by atoms with van der Waals surface area (Å²) in [4.78, 5) is 4.08. The molecule has 1 heterocycles. The lowest BCUT2D eigenvalue weighted by Crippen LogP contribution is -2.02. The molecule has 16 heavy (non-hydrogen) atoms. The molecule has 2 N–H and O–H groups in total. The van der Waals surface area contributed by atoms with Crippen LogP contribution in [0.15, 0.2) is 30.5 Å². The third kappa shape index (κ3) is 1.97. The van der Waals surface area contributed by atoms with Gasteiger partial charge >= 0.3 is 6.01 Å². The van der Waals surface area contributed by atoms with Gasteiger partial charge in [-0.05, 0) is 19.1 Å². The Bertz CT molecular complexity index is 496. The number of nitrogens with zero attached hydrogens (tertiary/aromatic N) is 2. The van der Waals surface area contributed by atoms with Crippen LogP contribution in [0.2, 0.25) is 5.02 Å². The van der Waals surface area contributed by atoms with E-state index < -0.39 is 0 Å². The van der Waals surface area contributed by atoms with Crippen molar-refractivity contribution < 1.29 is 4.74 Å². The van der Waals surface area contributed by atoms with E-state index in [1.165, 1.54) is 0 Å². The van der Waals surface area contributed by atoms with Crippen molar-refractivity contribution in [2.24, 2.45) is 0 Å². The fourth-order valence-electron chi connectivity index (χ4n) is 1.40. The molecule has 0 unspecified atom stereocenters. The van der Waals surface area contributed by atoms with Crippen LogP contribution >= 0.6 is 11.6 Å². The second kappa shape index (κ2) is 4.45. The molecule has 0 aliphatic carbocycles. The average molecular weight is 238 g/mol. The molecule has 0 fully saturated rings. The van der Waals surface area contributed by atoms with Gasteiger partial charge in [0.2, 0.25) is 0 Å². The lowest BCUT2D eigenvalue weighted by Gasteiger charge is -2.08. The summed E-state index contributed by atoms with van der Waals surface area (Å²) in [5.41, 5.74) is 5.73. The summed E-state index contributed by atoms with van der Waals surface area (Å²) in [6.07, 6.45) is 1.57. The van der Waals surface area contributed by atoms with Crippen molar-refractivity contribution in [3.63, 3.8) is 0 Å². The number of para-hydroxylation sites is 1. The lowest BCUT2D eigenvalue weighted by atomic mass is 10.3. The number of aromatic nitrogens is 2. The predicted molar refractivity (Wildman–Crippen MR) is 63.8 cm³/mol. The molecule has 1 aromatic heterocycles. The number of halogens is 1. The second-order valence-corrected chi connectivity index (χ2v) is 3.65. The number of hydrogen-bond donors (Lipinski definition) is 1. The van der Waals surface area contributed by atoms with Crippen LogP contribution in [0.4, 0.5) is 5.82 Å². The van der Waals surface area contributed by atoms with Gasteiger partial charge in [0.25, 0.3) is 0 Å². The topological polar surface area (TPSA) is 53.1 Å². The van der Waals surface area contributed by atoms with Crippen LogP contribution in [-0.4, -0.2) is 9.55 Å². The Morgan fingerprint density at radius 1 is 1.44 bits per heavy atom. The lowest BCUT2D eigenvalue weighted by molar-refractivity contribution is 0.417. The standard InChI is InChI=1S/C11H12ClN3O/c1-2-15-10(13)7-14-11(15)16-9-6-4-3-5-8(9)12/h3-7H,2,13H2,1H3. The van der Waals surface area contributed by atoms with Gasteiger partial charge in [-0.3, -0.25) is 4.57 Å². The molecule has 0 spiro atoms. The van der Waals surface area contributed by atoms with Gasteiger partial charge in [-0.15, -0.1) is 0 Å². The molecule has 5 heteroatoms. The Morgan fingerprint density at radius 3 is 2.88 bits per heavy atom. The van der Waals surface area contributed by atoms with E-state index in [-0.39, 0.29) is 0 Å². The van der Waals surface area contributed by atoms with Gasteiger partial charge < -0.3 is 10.5 Å². The molecular weight excluding hydrogens is 226 g/mol. The molecule has 0 atom stereocenters. The number of benzene rings is 1. The Hall–Kier alpha value is -1.68. The number of ether oxygens (including phenoxy) is 1. The van der Waals surface area contributed by atoms with E-state index >= 15 is 0 Å². The van der Waals surface area contributed by atoms with Gasteiger partial charge in [0.15, 0.2) is 0 Å². The van der Waals surface area contributed by atoms with Crippen molar-refractivity contribution in [3.8, 4) is 11.8 Å². The minimum atomic E-state index is 0.452. The van der Waals surface area contributed by atoms with Gasteiger partial charge in [0.05, 0.1) is 11.2 Å². The maximum atomic E-state index is 5.98. The summed E-state index contributed by atoms with van der Waals surface area (Å²) in [6.45, 7) is 2.67. The van der Waals surface area contributed by atoms with Gasteiger partial charge in [-0.25, -0.2) is 4.98 Å². The average Bonchev–Trinajstić information content (AvgIpc) is 2.63. The van der Waals surface area contributed by atoms with Crippen molar-refractivity contribution in [2.45, 2.75) is 13.5 Å². The molecule has 0 saturated carbocycles. The number of imidazole rings is 1. The Labute approximate surface area is 98.6 Å². The SMILES string of the molecule is CCn1c(N)cnc1Oc1ccccc1Cl. The van der Waals surface area contributed by atoms with E-state index in [0.717, 1.165) is 0 Å². The molecule has 0 aliphatic rings. The monoisotopic (exact) mass is 237 g/mol. The third-order valence-electron chi connectivity index (χ3n) is 2.20. The Balaban J connectivity index is 2.31. The highest BCUT2D eigenvalue weighted by Crippen LogP contribution is 2.28. The summed E-state index contributed by atoms with van der Waals surface area (Å²) in [5, 5.41) is 0.548. The molecule has 2 rings (SSSR count). The minimum absolute atomic E-state index is 0.452. The number of nitrogen functional groups attached to an aromatic ring is 1. The Kier molecular flexibility index (Phi) is 3.01. The molecule has 4 nitrogen and oxygen atoms in total. The molecule has 0 amide bonds. The van der Waals surface area contributed by atoms with E-state index in [9.17, 15) is 0 Å². The zero-order valence-electron chi connectivity index (χ0n) is 8.85. The van der Waals surface area contributed by atoms with Gasteiger partial charge in [0, 0.05) is 6.54 Å². The Morgan fingerprint density at radius 2 is 2.19 bits per heavy atom. The van der Waals surface area contributed by atoms with Crippen LogP contribution in [0.25, 0.3) is 0 Å². The quantitative estimate of drug-likeness (QED) is 0.893. The van der Waals surface area contributed by atoms with Gasteiger partial charge in [-0.2, -0.15) is 0 Å². The zero-order chi connectivity index (χ0) is 11.5. The number of hydrogen-bond acceptors (Lipinski definition) is 3. The highest BCUT2D eigenvalue weighted by atomic mass is 35.5. The van der Waals surface area contributed by atoms with Crippen molar-refractivity contribution in [3.05, 3.63) is 35.5 Å². The molecule has 84 valence electrons. The van der Waals surface area contributed by atoms with Gasteiger partial charge in [0.1, 0.15) is 11.6 Å². The largest absolute Gasteiger partial charge is 0.424 e. The van der Waals surface area contributed by atoms with Crippen LogP contribution in [0.5, 0.6) is 11.8 Å². The molecule has 0 aliphatic heterocycles.